The molecule has 17 heavy (non-hydrogen) atoms. The molecule has 0 aliphatic rings. The lowest BCUT2D eigenvalue weighted by Gasteiger charge is -2.07. The summed E-state index contributed by atoms with van der Waals surface area (Å²) in [6, 6.07) is 11.9. The number of aromatic hydroxyl groups is 1. The molecule has 1 nitrogen and oxygen atoms in total. The molecule has 0 radical (unpaired) electrons. The summed E-state index contributed by atoms with van der Waals surface area (Å²) in [5.74, 6) is -0.223. The number of aryl methyl sites for hydroxylation is 1. The Hall–Kier alpha value is -1.83. The lowest BCUT2D eigenvalue weighted by atomic mass is 10.0. The second kappa shape index (κ2) is 5.00. The van der Waals surface area contributed by atoms with Crippen molar-refractivity contribution in [1.82, 2.24) is 0 Å². The summed E-state index contributed by atoms with van der Waals surface area (Å²) in [5.41, 5.74) is 2.60. The van der Waals surface area contributed by atoms with Crippen molar-refractivity contribution in [3.8, 4) is 16.9 Å². The largest absolute Gasteiger partial charge is 0.507 e. The maximum absolute atomic E-state index is 13.2. The van der Waals surface area contributed by atoms with Crippen LogP contribution in [0.5, 0.6) is 5.75 Å². The maximum atomic E-state index is 13.2. The molecule has 2 heteroatoms. The fourth-order valence-corrected chi connectivity index (χ4v) is 1.92. The summed E-state index contributed by atoms with van der Waals surface area (Å²) in [4.78, 5) is 0. The van der Waals surface area contributed by atoms with Crippen LogP contribution in [0.3, 0.4) is 0 Å². The highest BCUT2D eigenvalue weighted by Gasteiger charge is 2.06. The van der Waals surface area contributed by atoms with Gasteiger partial charge in [0.25, 0.3) is 0 Å². The van der Waals surface area contributed by atoms with Gasteiger partial charge in [-0.15, -0.1) is 0 Å². The minimum absolute atomic E-state index is 0.111. The molecule has 0 heterocycles. The van der Waals surface area contributed by atoms with Crippen molar-refractivity contribution < 1.29 is 9.50 Å². The highest BCUT2D eigenvalue weighted by Crippen LogP contribution is 2.30. The Morgan fingerprint density at radius 1 is 1.12 bits per heavy atom. The van der Waals surface area contributed by atoms with E-state index < -0.39 is 0 Å². The zero-order valence-electron chi connectivity index (χ0n) is 9.78. The fraction of sp³-hybridized carbons (Fsp3) is 0.200. The predicted octanol–water partition coefficient (Wildman–Crippen LogP) is 4.15. The van der Waals surface area contributed by atoms with Gasteiger partial charge in [0.15, 0.2) is 0 Å². The van der Waals surface area contributed by atoms with Gasteiger partial charge in [-0.3, -0.25) is 0 Å². The van der Waals surface area contributed by atoms with E-state index in [2.05, 4.69) is 6.92 Å². The predicted molar refractivity (Wildman–Crippen MR) is 67.5 cm³/mol. The normalized spacial score (nSPS) is 10.5. The van der Waals surface area contributed by atoms with Crippen molar-refractivity contribution in [3.05, 3.63) is 53.8 Å². The number of halogens is 1. The first-order valence-electron chi connectivity index (χ1n) is 5.78. The number of benzene rings is 2. The van der Waals surface area contributed by atoms with E-state index in [9.17, 15) is 9.50 Å². The standard InChI is InChI=1S/C15H15FO/c1-2-4-11-5-3-6-12(9-11)14-10-13(16)7-8-15(14)17/h3,5-10,17H,2,4H2,1H3. The summed E-state index contributed by atoms with van der Waals surface area (Å²) in [6.45, 7) is 2.12. The molecule has 0 saturated heterocycles. The SMILES string of the molecule is CCCc1cccc(-c2cc(F)ccc2O)c1. The molecule has 0 aromatic heterocycles. The molecule has 0 saturated carbocycles. The molecule has 0 amide bonds. The van der Waals surface area contributed by atoms with Crippen molar-refractivity contribution >= 4 is 0 Å². The molecule has 1 N–H and O–H groups in total. The van der Waals surface area contributed by atoms with E-state index in [1.54, 1.807) is 0 Å². The van der Waals surface area contributed by atoms with E-state index >= 15 is 0 Å². The molecule has 0 fully saturated rings. The van der Waals surface area contributed by atoms with E-state index in [4.69, 9.17) is 0 Å². The molecule has 2 aromatic rings. The molecule has 0 spiro atoms. The average molecular weight is 230 g/mol. The van der Waals surface area contributed by atoms with Crippen LogP contribution < -0.4 is 0 Å². The Kier molecular flexibility index (Phi) is 3.43. The van der Waals surface area contributed by atoms with Gasteiger partial charge in [0.05, 0.1) is 0 Å². The minimum atomic E-state index is -0.335. The summed E-state index contributed by atoms with van der Waals surface area (Å²) in [5, 5.41) is 9.74. The lowest BCUT2D eigenvalue weighted by Crippen LogP contribution is -1.86. The van der Waals surface area contributed by atoms with Crippen LogP contribution in [0.4, 0.5) is 4.39 Å². The first-order valence-corrected chi connectivity index (χ1v) is 5.78. The molecule has 0 aliphatic heterocycles. The van der Waals surface area contributed by atoms with Crippen LogP contribution in [0, 0.1) is 5.82 Å². The third kappa shape index (κ3) is 2.64. The monoisotopic (exact) mass is 230 g/mol. The van der Waals surface area contributed by atoms with Crippen molar-refractivity contribution in [1.29, 1.82) is 0 Å². The second-order valence-electron chi connectivity index (χ2n) is 4.11. The Morgan fingerprint density at radius 2 is 1.94 bits per heavy atom. The molecule has 0 bridgehead atoms. The van der Waals surface area contributed by atoms with Crippen molar-refractivity contribution in [3.63, 3.8) is 0 Å². The smallest absolute Gasteiger partial charge is 0.124 e. The zero-order chi connectivity index (χ0) is 12.3. The van der Waals surface area contributed by atoms with Gasteiger partial charge in [-0.05, 0) is 35.7 Å². The molecular formula is C15H15FO. The summed E-state index contributed by atoms with van der Waals surface area (Å²) < 4.78 is 13.2. The van der Waals surface area contributed by atoms with Crippen molar-refractivity contribution in [2.75, 3.05) is 0 Å². The molecule has 0 aliphatic carbocycles. The topological polar surface area (TPSA) is 20.2 Å². The first kappa shape index (κ1) is 11.6. The third-order valence-electron chi connectivity index (χ3n) is 2.74. The van der Waals surface area contributed by atoms with Crippen LogP contribution in [-0.4, -0.2) is 5.11 Å². The maximum Gasteiger partial charge on any atom is 0.124 e. The van der Waals surface area contributed by atoms with Crippen molar-refractivity contribution in [2.24, 2.45) is 0 Å². The van der Waals surface area contributed by atoms with Crippen LogP contribution in [0.2, 0.25) is 0 Å². The van der Waals surface area contributed by atoms with E-state index in [1.165, 1.54) is 23.8 Å². The summed E-state index contributed by atoms with van der Waals surface area (Å²) in [7, 11) is 0. The van der Waals surface area contributed by atoms with Gasteiger partial charge in [0.1, 0.15) is 11.6 Å². The number of hydrogen-bond acceptors (Lipinski definition) is 1. The molecule has 2 rings (SSSR count). The van der Waals surface area contributed by atoms with E-state index in [1.807, 2.05) is 24.3 Å². The Balaban J connectivity index is 2.45. The van der Waals surface area contributed by atoms with Gasteiger partial charge in [-0.25, -0.2) is 4.39 Å². The fourth-order valence-electron chi connectivity index (χ4n) is 1.92. The van der Waals surface area contributed by atoms with Crippen LogP contribution in [-0.2, 0) is 6.42 Å². The number of phenolic OH excluding ortho intramolecular Hbond substituents is 1. The number of hydrogen-bond donors (Lipinski definition) is 1. The van der Waals surface area contributed by atoms with Gasteiger partial charge >= 0.3 is 0 Å². The highest BCUT2D eigenvalue weighted by molar-refractivity contribution is 5.70. The molecule has 0 unspecified atom stereocenters. The quantitative estimate of drug-likeness (QED) is 0.839. The first-order chi connectivity index (χ1) is 8.20. The molecule has 2 aromatic carbocycles. The van der Waals surface area contributed by atoms with Crippen LogP contribution >= 0.6 is 0 Å². The Bertz CT molecular complexity index is 520. The van der Waals surface area contributed by atoms with E-state index in [-0.39, 0.29) is 11.6 Å². The molecule has 0 atom stereocenters. The molecular weight excluding hydrogens is 215 g/mol. The Labute approximate surface area is 101 Å². The van der Waals surface area contributed by atoms with E-state index in [0.717, 1.165) is 18.4 Å². The van der Waals surface area contributed by atoms with Crippen LogP contribution in [0.25, 0.3) is 11.1 Å². The zero-order valence-corrected chi connectivity index (χ0v) is 9.78. The van der Waals surface area contributed by atoms with Gasteiger partial charge in [-0.1, -0.05) is 37.6 Å². The average Bonchev–Trinajstić information content (AvgIpc) is 2.33. The Morgan fingerprint density at radius 3 is 2.71 bits per heavy atom. The summed E-state index contributed by atoms with van der Waals surface area (Å²) >= 11 is 0. The van der Waals surface area contributed by atoms with Crippen molar-refractivity contribution in [2.45, 2.75) is 19.8 Å². The minimum Gasteiger partial charge on any atom is -0.507 e. The van der Waals surface area contributed by atoms with Gasteiger partial charge < -0.3 is 5.11 Å². The summed E-state index contributed by atoms with van der Waals surface area (Å²) in [6.07, 6.45) is 2.06. The van der Waals surface area contributed by atoms with Crippen LogP contribution in [0.15, 0.2) is 42.5 Å². The number of phenols is 1. The van der Waals surface area contributed by atoms with Gasteiger partial charge in [0, 0.05) is 5.56 Å². The third-order valence-corrected chi connectivity index (χ3v) is 2.74. The number of rotatable bonds is 3. The van der Waals surface area contributed by atoms with E-state index in [0.29, 0.717) is 5.56 Å². The molecule has 88 valence electrons. The highest BCUT2D eigenvalue weighted by atomic mass is 19.1. The second-order valence-corrected chi connectivity index (χ2v) is 4.11. The van der Waals surface area contributed by atoms with Crippen LogP contribution in [0.1, 0.15) is 18.9 Å². The van der Waals surface area contributed by atoms with Gasteiger partial charge in [-0.2, -0.15) is 0 Å². The lowest BCUT2D eigenvalue weighted by molar-refractivity contribution is 0.475. The van der Waals surface area contributed by atoms with Gasteiger partial charge in [0.2, 0.25) is 0 Å².